The van der Waals surface area contributed by atoms with Crippen LogP contribution in [-0.4, -0.2) is 18.5 Å². The van der Waals surface area contributed by atoms with E-state index in [1.807, 2.05) is 72.8 Å². The molecule has 136 valence electrons. The summed E-state index contributed by atoms with van der Waals surface area (Å²) in [6, 6.07) is 26.5. The molecule has 27 heavy (non-hydrogen) atoms. The summed E-state index contributed by atoms with van der Waals surface area (Å²) >= 11 is 0. The Morgan fingerprint density at radius 1 is 0.778 bits per heavy atom. The fourth-order valence-corrected chi connectivity index (χ4v) is 2.77. The molecule has 3 aromatic carbocycles. The van der Waals surface area contributed by atoms with Crippen LogP contribution in [0.2, 0.25) is 0 Å². The Morgan fingerprint density at radius 2 is 1.41 bits per heavy atom. The third kappa shape index (κ3) is 5.28. The van der Waals surface area contributed by atoms with E-state index in [1.54, 1.807) is 12.1 Å². The van der Waals surface area contributed by atoms with Crippen LogP contribution in [0.15, 0.2) is 84.9 Å². The normalized spacial score (nSPS) is 10.2. The van der Waals surface area contributed by atoms with Gasteiger partial charge in [0.2, 0.25) is 0 Å². The summed E-state index contributed by atoms with van der Waals surface area (Å²) in [7, 11) is 0. The molecule has 0 radical (unpaired) electrons. The minimum atomic E-state index is -0.523. The first-order valence-corrected chi connectivity index (χ1v) is 8.90. The Morgan fingerprint density at radius 3 is 2.15 bits per heavy atom. The zero-order valence-electron chi connectivity index (χ0n) is 14.9. The lowest BCUT2D eigenvalue weighted by Gasteiger charge is -2.11. The molecule has 1 N–H and O–H groups in total. The fourth-order valence-electron chi connectivity index (χ4n) is 2.77. The smallest absolute Gasteiger partial charge is 0.411 e. The van der Waals surface area contributed by atoms with Crippen LogP contribution in [0.25, 0.3) is 11.1 Å². The highest BCUT2D eigenvalue weighted by atomic mass is 16.5. The van der Waals surface area contributed by atoms with E-state index in [-0.39, 0.29) is 12.4 Å². The molecule has 0 unspecified atom stereocenters. The molecule has 1 amide bonds. The molecule has 0 heterocycles. The van der Waals surface area contributed by atoms with Crippen molar-refractivity contribution in [2.24, 2.45) is 0 Å². The van der Waals surface area contributed by atoms with E-state index in [0.29, 0.717) is 24.1 Å². The van der Waals surface area contributed by atoms with Gasteiger partial charge in [0.1, 0.15) is 0 Å². The summed E-state index contributed by atoms with van der Waals surface area (Å²) in [5.74, 6) is 0.0500. The molecule has 0 bridgehead atoms. The number of carbonyl (C=O) groups is 2. The summed E-state index contributed by atoms with van der Waals surface area (Å²) in [5, 5.41) is 2.78. The van der Waals surface area contributed by atoms with Gasteiger partial charge in [0.05, 0.1) is 12.3 Å². The molecule has 0 aromatic heterocycles. The topological polar surface area (TPSA) is 55.4 Å². The zero-order valence-corrected chi connectivity index (χ0v) is 14.9. The van der Waals surface area contributed by atoms with Gasteiger partial charge in [-0.05, 0) is 18.1 Å². The molecule has 0 fully saturated rings. The van der Waals surface area contributed by atoms with E-state index < -0.39 is 6.09 Å². The molecule has 0 aliphatic carbocycles. The second kappa shape index (κ2) is 9.34. The number of Topliss-reactive ketones (excluding diaryl/α,β-unsaturated/α-hetero) is 1. The van der Waals surface area contributed by atoms with E-state index >= 15 is 0 Å². The number of ether oxygens (including phenoxy) is 1. The molecule has 0 spiro atoms. The number of nitrogens with one attached hydrogen (secondary N) is 1. The van der Waals surface area contributed by atoms with Crippen LogP contribution in [0.5, 0.6) is 0 Å². The first kappa shape index (κ1) is 18.4. The number of carbonyl (C=O) groups excluding carboxylic acids is 2. The Labute approximate surface area is 158 Å². The van der Waals surface area contributed by atoms with Crippen molar-refractivity contribution in [2.45, 2.75) is 12.8 Å². The van der Waals surface area contributed by atoms with Crippen LogP contribution < -0.4 is 5.32 Å². The van der Waals surface area contributed by atoms with Gasteiger partial charge in [-0.25, -0.2) is 4.79 Å². The van der Waals surface area contributed by atoms with Crippen LogP contribution in [0, 0.1) is 0 Å². The van der Waals surface area contributed by atoms with E-state index in [4.69, 9.17) is 4.74 Å². The number of para-hydroxylation sites is 1. The van der Waals surface area contributed by atoms with E-state index in [2.05, 4.69) is 5.32 Å². The van der Waals surface area contributed by atoms with Crippen LogP contribution in [0.1, 0.15) is 23.2 Å². The second-order valence-corrected chi connectivity index (χ2v) is 6.07. The van der Waals surface area contributed by atoms with Crippen molar-refractivity contribution < 1.29 is 14.3 Å². The minimum absolute atomic E-state index is 0.0500. The minimum Gasteiger partial charge on any atom is -0.449 e. The molecule has 0 saturated carbocycles. The van der Waals surface area contributed by atoms with Gasteiger partial charge in [-0.2, -0.15) is 0 Å². The maximum Gasteiger partial charge on any atom is 0.411 e. The lowest BCUT2D eigenvalue weighted by Crippen LogP contribution is -2.15. The second-order valence-electron chi connectivity index (χ2n) is 6.07. The van der Waals surface area contributed by atoms with Gasteiger partial charge < -0.3 is 4.74 Å². The Balaban J connectivity index is 1.50. The molecule has 3 rings (SSSR count). The molecule has 0 aliphatic heterocycles. The van der Waals surface area contributed by atoms with Crippen molar-refractivity contribution in [1.82, 2.24) is 0 Å². The summed E-state index contributed by atoms with van der Waals surface area (Å²) in [6.45, 7) is 0.192. The van der Waals surface area contributed by atoms with Crippen molar-refractivity contribution in [2.75, 3.05) is 11.9 Å². The van der Waals surface area contributed by atoms with Crippen molar-refractivity contribution >= 4 is 17.6 Å². The van der Waals surface area contributed by atoms with Gasteiger partial charge in [0, 0.05) is 17.5 Å². The zero-order chi connectivity index (χ0) is 18.9. The Bertz CT molecular complexity index is 892. The van der Waals surface area contributed by atoms with Crippen LogP contribution in [-0.2, 0) is 4.74 Å². The molecule has 0 saturated heterocycles. The molecule has 4 heteroatoms. The van der Waals surface area contributed by atoms with Crippen LogP contribution in [0.4, 0.5) is 10.5 Å². The fraction of sp³-hybridized carbons (Fsp3) is 0.130. The summed E-state index contributed by atoms with van der Waals surface area (Å²) < 4.78 is 5.22. The number of rotatable bonds is 7. The molecular formula is C23H21NO3. The highest BCUT2D eigenvalue weighted by Crippen LogP contribution is 2.27. The largest absolute Gasteiger partial charge is 0.449 e. The number of hydrogen-bond acceptors (Lipinski definition) is 3. The van der Waals surface area contributed by atoms with Crippen molar-refractivity contribution in [3.8, 4) is 11.1 Å². The van der Waals surface area contributed by atoms with E-state index in [0.717, 1.165) is 11.1 Å². The number of anilines is 1. The molecule has 4 nitrogen and oxygen atoms in total. The van der Waals surface area contributed by atoms with Crippen molar-refractivity contribution in [1.29, 1.82) is 0 Å². The van der Waals surface area contributed by atoms with Crippen LogP contribution >= 0.6 is 0 Å². The average Bonchev–Trinajstić information content (AvgIpc) is 2.73. The maximum atomic E-state index is 12.1. The highest BCUT2D eigenvalue weighted by Gasteiger charge is 2.10. The lowest BCUT2D eigenvalue weighted by molar-refractivity contribution is 0.0964. The van der Waals surface area contributed by atoms with E-state index in [9.17, 15) is 9.59 Å². The average molecular weight is 359 g/mol. The molecular weight excluding hydrogens is 338 g/mol. The first-order chi connectivity index (χ1) is 13.2. The lowest BCUT2D eigenvalue weighted by atomic mass is 10.0. The monoisotopic (exact) mass is 359 g/mol. The molecule has 0 atom stereocenters. The molecule has 3 aromatic rings. The van der Waals surface area contributed by atoms with Gasteiger partial charge in [-0.15, -0.1) is 0 Å². The summed E-state index contributed by atoms with van der Waals surface area (Å²) in [4.78, 5) is 24.1. The quantitative estimate of drug-likeness (QED) is 0.443. The van der Waals surface area contributed by atoms with E-state index in [1.165, 1.54) is 0 Å². The summed E-state index contributed by atoms with van der Waals surface area (Å²) in [6.07, 6.45) is 0.310. The number of ketones is 1. The predicted molar refractivity (Wildman–Crippen MR) is 107 cm³/mol. The van der Waals surface area contributed by atoms with Gasteiger partial charge in [0.15, 0.2) is 5.78 Å². The van der Waals surface area contributed by atoms with Crippen molar-refractivity contribution in [3.05, 3.63) is 90.5 Å². The number of hydrogen-bond donors (Lipinski definition) is 1. The SMILES string of the molecule is O=C(Nc1ccccc1-c1ccccc1)OCCCC(=O)c1ccccc1. The summed E-state index contributed by atoms with van der Waals surface area (Å²) in [5.41, 5.74) is 3.31. The van der Waals surface area contributed by atoms with Crippen LogP contribution in [0.3, 0.4) is 0 Å². The van der Waals surface area contributed by atoms with Gasteiger partial charge in [0.25, 0.3) is 0 Å². The Kier molecular flexibility index (Phi) is 6.36. The van der Waals surface area contributed by atoms with Gasteiger partial charge in [-0.3, -0.25) is 10.1 Å². The highest BCUT2D eigenvalue weighted by molar-refractivity contribution is 5.96. The standard InChI is InChI=1S/C23H21NO3/c25-22(19-12-5-2-6-13-19)16-9-17-27-23(26)24-21-15-8-7-14-20(21)18-10-3-1-4-11-18/h1-8,10-15H,9,16-17H2,(H,24,26). The van der Waals surface area contributed by atoms with Gasteiger partial charge >= 0.3 is 6.09 Å². The number of amides is 1. The maximum absolute atomic E-state index is 12.1. The third-order valence-corrected chi connectivity index (χ3v) is 4.13. The van der Waals surface area contributed by atoms with Gasteiger partial charge in [-0.1, -0.05) is 78.9 Å². The molecule has 0 aliphatic rings. The van der Waals surface area contributed by atoms with Crippen molar-refractivity contribution in [3.63, 3.8) is 0 Å². The third-order valence-electron chi connectivity index (χ3n) is 4.13. The Hall–Kier alpha value is -3.40. The number of benzene rings is 3. The predicted octanol–water partition coefficient (Wildman–Crippen LogP) is 5.57. The first-order valence-electron chi connectivity index (χ1n) is 8.90.